The Morgan fingerprint density at radius 1 is 0.971 bits per heavy atom. The standard InChI is InChI=1S/C26H27N3O3S2/c1-17-14-18(2)16-29(15-17)34(31,32)21-11-8-20(9-12-21)25(30)27-26-28(3)23-13-10-19-6-4-5-7-22(19)24(23)33-26/h4-13,17-18H,14-16H2,1-3H3. The largest absolute Gasteiger partial charge is 0.319 e. The lowest BCUT2D eigenvalue weighted by atomic mass is 9.94. The number of aromatic nitrogens is 1. The Labute approximate surface area is 203 Å². The second-order valence-corrected chi connectivity index (χ2v) is 12.2. The molecule has 0 bridgehead atoms. The molecule has 2 heterocycles. The molecule has 1 amide bonds. The Morgan fingerprint density at radius 2 is 1.65 bits per heavy atom. The Balaban J connectivity index is 1.45. The van der Waals surface area contributed by atoms with Gasteiger partial charge in [-0.05, 0) is 54.0 Å². The van der Waals surface area contributed by atoms with E-state index in [0.717, 1.165) is 27.4 Å². The van der Waals surface area contributed by atoms with Gasteiger partial charge in [0.25, 0.3) is 5.91 Å². The summed E-state index contributed by atoms with van der Waals surface area (Å²) in [5, 5.41) is 2.27. The Hall–Kier alpha value is -2.81. The molecule has 0 aliphatic carbocycles. The highest BCUT2D eigenvalue weighted by Crippen LogP contribution is 2.28. The zero-order valence-corrected chi connectivity index (χ0v) is 21.1. The van der Waals surface area contributed by atoms with Gasteiger partial charge in [-0.2, -0.15) is 9.30 Å². The molecule has 1 aliphatic heterocycles. The number of rotatable bonds is 3. The summed E-state index contributed by atoms with van der Waals surface area (Å²) in [5.74, 6) is 0.269. The van der Waals surface area contributed by atoms with Crippen molar-refractivity contribution in [3.05, 3.63) is 71.0 Å². The smallest absolute Gasteiger partial charge is 0.279 e. The third kappa shape index (κ3) is 4.10. The summed E-state index contributed by atoms with van der Waals surface area (Å²) < 4.78 is 30.8. The van der Waals surface area contributed by atoms with Gasteiger partial charge in [-0.15, -0.1) is 0 Å². The Kier molecular flexibility index (Phi) is 5.91. The van der Waals surface area contributed by atoms with E-state index in [-0.39, 0.29) is 4.90 Å². The van der Waals surface area contributed by atoms with E-state index in [2.05, 4.69) is 37.0 Å². The molecule has 1 aromatic heterocycles. The van der Waals surface area contributed by atoms with Gasteiger partial charge >= 0.3 is 0 Å². The van der Waals surface area contributed by atoms with Gasteiger partial charge in [0.2, 0.25) is 10.0 Å². The van der Waals surface area contributed by atoms with E-state index in [1.807, 2.05) is 29.8 Å². The minimum absolute atomic E-state index is 0.212. The topological polar surface area (TPSA) is 71.7 Å². The molecule has 0 saturated carbocycles. The van der Waals surface area contributed by atoms with Crippen molar-refractivity contribution in [1.29, 1.82) is 0 Å². The van der Waals surface area contributed by atoms with Crippen LogP contribution in [0.25, 0.3) is 21.0 Å². The summed E-state index contributed by atoms with van der Waals surface area (Å²) >= 11 is 1.48. The maximum absolute atomic E-state index is 13.1. The molecular formula is C26H27N3O3S2. The lowest BCUT2D eigenvalue weighted by Crippen LogP contribution is -2.42. The third-order valence-corrected chi connectivity index (χ3v) is 9.50. The highest BCUT2D eigenvalue weighted by Gasteiger charge is 2.31. The van der Waals surface area contributed by atoms with Crippen molar-refractivity contribution in [2.24, 2.45) is 23.9 Å². The van der Waals surface area contributed by atoms with Crippen LogP contribution in [-0.4, -0.2) is 36.3 Å². The van der Waals surface area contributed by atoms with Crippen molar-refractivity contribution in [2.45, 2.75) is 25.2 Å². The monoisotopic (exact) mass is 493 g/mol. The molecule has 5 rings (SSSR count). The molecule has 2 unspecified atom stereocenters. The summed E-state index contributed by atoms with van der Waals surface area (Å²) in [6.45, 7) is 5.22. The van der Waals surface area contributed by atoms with Gasteiger partial charge in [0.1, 0.15) is 0 Å². The fourth-order valence-electron chi connectivity index (χ4n) is 4.84. The minimum Gasteiger partial charge on any atom is -0.319 e. The predicted molar refractivity (Wildman–Crippen MR) is 136 cm³/mol. The summed E-state index contributed by atoms with van der Waals surface area (Å²) in [7, 11) is -1.69. The van der Waals surface area contributed by atoms with Crippen molar-refractivity contribution in [3.63, 3.8) is 0 Å². The molecule has 1 saturated heterocycles. The van der Waals surface area contributed by atoms with Crippen molar-refractivity contribution in [1.82, 2.24) is 8.87 Å². The van der Waals surface area contributed by atoms with Gasteiger partial charge in [-0.25, -0.2) is 8.42 Å². The van der Waals surface area contributed by atoms with Crippen LogP contribution in [0.15, 0.2) is 70.6 Å². The number of hydrogen-bond donors (Lipinski definition) is 0. The number of piperidine rings is 1. The van der Waals surface area contributed by atoms with Gasteiger partial charge in [-0.1, -0.05) is 55.5 Å². The second kappa shape index (κ2) is 8.76. The summed E-state index contributed by atoms with van der Waals surface area (Å²) in [6.07, 6.45) is 1.03. The molecule has 0 N–H and O–H groups in total. The highest BCUT2D eigenvalue weighted by molar-refractivity contribution is 7.89. The molecule has 2 atom stereocenters. The summed E-state index contributed by atoms with van der Waals surface area (Å²) in [5.41, 5.74) is 1.38. The number of sulfonamides is 1. The van der Waals surface area contributed by atoms with E-state index in [9.17, 15) is 13.2 Å². The average Bonchev–Trinajstić information content (AvgIpc) is 3.14. The molecule has 6 nitrogen and oxygen atoms in total. The average molecular weight is 494 g/mol. The first-order chi connectivity index (χ1) is 16.2. The van der Waals surface area contributed by atoms with Crippen LogP contribution in [0, 0.1) is 11.8 Å². The van der Waals surface area contributed by atoms with Crippen LogP contribution in [0.2, 0.25) is 0 Å². The first-order valence-corrected chi connectivity index (χ1v) is 13.7. The first kappa shape index (κ1) is 23.0. The number of thiazole rings is 1. The zero-order valence-electron chi connectivity index (χ0n) is 19.4. The Morgan fingerprint density at radius 3 is 2.35 bits per heavy atom. The number of nitrogens with zero attached hydrogens (tertiary/aromatic N) is 3. The minimum atomic E-state index is -3.58. The van der Waals surface area contributed by atoms with Gasteiger partial charge < -0.3 is 4.57 Å². The van der Waals surface area contributed by atoms with Gasteiger partial charge in [-0.3, -0.25) is 4.79 Å². The fourth-order valence-corrected chi connectivity index (χ4v) is 7.67. The van der Waals surface area contributed by atoms with E-state index in [1.54, 1.807) is 16.4 Å². The van der Waals surface area contributed by atoms with Gasteiger partial charge in [0, 0.05) is 31.1 Å². The number of fused-ring (bicyclic) bond motifs is 3. The lowest BCUT2D eigenvalue weighted by Gasteiger charge is -2.34. The van der Waals surface area contributed by atoms with Gasteiger partial charge in [0.15, 0.2) is 4.80 Å². The van der Waals surface area contributed by atoms with E-state index in [0.29, 0.717) is 35.3 Å². The number of carbonyl (C=O) groups is 1. The predicted octanol–water partition coefficient (Wildman–Crippen LogP) is 4.80. The van der Waals surface area contributed by atoms with E-state index >= 15 is 0 Å². The molecule has 34 heavy (non-hydrogen) atoms. The molecule has 0 radical (unpaired) electrons. The quantitative estimate of drug-likeness (QED) is 0.412. The van der Waals surface area contributed by atoms with Crippen LogP contribution in [0.4, 0.5) is 0 Å². The summed E-state index contributed by atoms with van der Waals surface area (Å²) in [6, 6.07) is 18.4. The van der Waals surface area contributed by atoms with Crippen LogP contribution in [0.3, 0.4) is 0 Å². The third-order valence-electron chi connectivity index (χ3n) is 6.47. The molecule has 0 spiro atoms. The molecule has 4 aromatic rings. The fraction of sp³-hybridized carbons (Fsp3) is 0.308. The van der Waals surface area contributed by atoms with Crippen LogP contribution in [0.1, 0.15) is 30.6 Å². The normalized spacial score (nSPS) is 20.3. The maximum atomic E-state index is 13.1. The number of benzene rings is 3. The van der Waals surface area contributed by atoms with Crippen LogP contribution in [0.5, 0.6) is 0 Å². The van der Waals surface area contributed by atoms with Crippen LogP contribution in [-0.2, 0) is 17.1 Å². The van der Waals surface area contributed by atoms with Crippen molar-refractivity contribution < 1.29 is 13.2 Å². The molecule has 3 aromatic carbocycles. The van der Waals surface area contributed by atoms with Crippen molar-refractivity contribution >= 4 is 48.3 Å². The number of hydrogen-bond acceptors (Lipinski definition) is 4. The molecule has 1 fully saturated rings. The highest BCUT2D eigenvalue weighted by atomic mass is 32.2. The summed E-state index contributed by atoms with van der Waals surface area (Å²) in [4.78, 5) is 18.1. The number of amides is 1. The second-order valence-electron chi connectivity index (χ2n) is 9.29. The Bertz CT molecular complexity index is 1560. The SMILES string of the molecule is CC1CC(C)CN(S(=O)(=O)c2ccc(C(=O)N=c3sc4c5ccccc5ccc4n3C)cc2)C1. The maximum Gasteiger partial charge on any atom is 0.279 e. The lowest BCUT2D eigenvalue weighted by molar-refractivity contribution is 0.0998. The van der Waals surface area contributed by atoms with E-state index in [1.165, 1.54) is 23.5 Å². The number of carbonyl (C=O) groups excluding carboxylic acids is 1. The van der Waals surface area contributed by atoms with E-state index < -0.39 is 15.9 Å². The van der Waals surface area contributed by atoms with Crippen molar-refractivity contribution in [3.8, 4) is 0 Å². The zero-order chi connectivity index (χ0) is 24.0. The van der Waals surface area contributed by atoms with Crippen molar-refractivity contribution in [2.75, 3.05) is 13.1 Å². The van der Waals surface area contributed by atoms with Crippen LogP contribution >= 0.6 is 11.3 Å². The molecule has 1 aliphatic rings. The van der Waals surface area contributed by atoms with E-state index in [4.69, 9.17) is 0 Å². The van der Waals surface area contributed by atoms with Crippen LogP contribution < -0.4 is 4.80 Å². The first-order valence-electron chi connectivity index (χ1n) is 11.4. The molecular weight excluding hydrogens is 466 g/mol. The molecule has 176 valence electrons. The molecule has 8 heteroatoms. The number of aryl methyl sites for hydroxylation is 1. The van der Waals surface area contributed by atoms with Gasteiger partial charge in [0.05, 0.1) is 15.1 Å².